The number of rotatable bonds is 4. The maximum atomic E-state index is 15.2. The van der Waals surface area contributed by atoms with Gasteiger partial charge >= 0.3 is 6.18 Å². The van der Waals surface area contributed by atoms with Crippen LogP contribution >= 0.6 is 0 Å². The van der Waals surface area contributed by atoms with Crippen LogP contribution in [0, 0.1) is 23.1 Å². The Balaban J connectivity index is 1.74. The summed E-state index contributed by atoms with van der Waals surface area (Å²) in [6.07, 6.45) is -1.53. The molecule has 0 bridgehead atoms. The van der Waals surface area contributed by atoms with Gasteiger partial charge in [-0.05, 0) is 19.2 Å². The number of piperazine rings is 1. The summed E-state index contributed by atoms with van der Waals surface area (Å²) in [5.74, 6) is -4.86. The van der Waals surface area contributed by atoms with E-state index in [-0.39, 0.29) is 34.4 Å². The van der Waals surface area contributed by atoms with Gasteiger partial charge in [0.2, 0.25) is 11.7 Å². The Bertz CT molecular complexity index is 1290. The molecule has 1 fully saturated rings. The molecule has 1 aromatic heterocycles. The number of carbonyl (C=O) groups is 2. The molecule has 4 rings (SSSR count). The van der Waals surface area contributed by atoms with Gasteiger partial charge in [-0.25, -0.2) is 19.4 Å². The Kier molecular flexibility index (Phi) is 6.80. The standard InChI is InChI=1S/C23H19F4N7O2/c1-33-2-4-34(5-3-33)19-8-17(24)14(13-10-29-20(9-28)30-11-13)6-18(19)32-22(36)15-12-31-21(35)7-16(15)23(25,26)27/h6-8,10-12,15H,2-5H2,1H3,(H,32,36). The molecule has 0 aliphatic carbocycles. The Morgan fingerprint density at radius 2 is 1.83 bits per heavy atom. The lowest BCUT2D eigenvalue weighted by Crippen LogP contribution is -2.45. The smallest absolute Gasteiger partial charge is 0.367 e. The van der Waals surface area contributed by atoms with Crippen molar-refractivity contribution in [2.45, 2.75) is 6.18 Å². The summed E-state index contributed by atoms with van der Waals surface area (Å²) in [5, 5.41) is 11.4. The Labute approximate surface area is 202 Å². The number of aromatic nitrogens is 2. The molecular formula is C23H19F4N7O2. The van der Waals surface area contributed by atoms with E-state index in [1.165, 1.54) is 24.5 Å². The van der Waals surface area contributed by atoms with Gasteiger partial charge in [0, 0.05) is 62.0 Å². The number of amides is 2. The molecule has 1 unspecified atom stereocenters. The second-order valence-electron chi connectivity index (χ2n) is 8.23. The maximum Gasteiger partial charge on any atom is 0.414 e. The maximum absolute atomic E-state index is 15.2. The number of nitrogens with one attached hydrogen (secondary N) is 1. The number of dihydropyridines is 1. The quantitative estimate of drug-likeness (QED) is 0.641. The summed E-state index contributed by atoms with van der Waals surface area (Å²) in [5.41, 5.74) is -0.811. The number of nitrogens with zero attached hydrogens (tertiary/aromatic N) is 6. The average molecular weight is 501 g/mol. The van der Waals surface area contributed by atoms with Crippen LogP contribution < -0.4 is 10.2 Å². The third-order valence-corrected chi connectivity index (χ3v) is 5.82. The van der Waals surface area contributed by atoms with Crippen molar-refractivity contribution >= 4 is 29.4 Å². The summed E-state index contributed by atoms with van der Waals surface area (Å²) in [7, 11) is 1.92. The summed E-state index contributed by atoms with van der Waals surface area (Å²) < 4.78 is 55.7. The number of benzene rings is 1. The molecule has 1 atom stereocenters. The van der Waals surface area contributed by atoms with Gasteiger partial charge in [0.25, 0.3) is 5.91 Å². The number of halogens is 4. The first kappa shape index (κ1) is 24.9. The van der Waals surface area contributed by atoms with E-state index in [9.17, 15) is 22.8 Å². The van der Waals surface area contributed by atoms with Gasteiger partial charge in [-0.3, -0.25) is 9.59 Å². The van der Waals surface area contributed by atoms with Gasteiger partial charge in [0.15, 0.2) is 0 Å². The second-order valence-corrected chi connectivity index (χ2v) is 8.23. The van der Waals surface area contributed by atoms with Gasteiger partial charge in [-0.1, -0.05) is 0 Å². The lowest BCUT2D eigenvalue weighted by molar-refractivity contribution is -0.124. The first-order valence-electron chi connectivity index (χ1n) is 10.7. The lowest BCUT2D eigenvalue weighted by Gasteiger charge is -2.35. The number of nitriles is 1. The molecule has 2 aliphatic heterocycles. The number of aliphatic imine (C=N–C) groups is 1. The average Bonchev–Trinajstić information content (AvgIpc) is 2.85. The zero-order valence-electron chi connectivity index (χ0n) is 18.9. The molecule has 3 heterocycles. The summed E-state index contributed by atoms with van der Waals surface area (Å²) in [4.78, 5) is 39.3. The fraction of sp³-hybridized carbons (Fsp3) is 0.304. The minimum absolute atomic E-state index is 0.0215. The first-order valence-corrected chi connectivity index (χ1v) is 10.7. The van der Waals surface area contributed by atoms with Crippen LogP contribution in [0.25, 0.3) is 11.1 Å². The fourth-order valence-corrected chi connectivity index (χ4v) is 3.88. The SMILES string of the molecule is CN1CCN(c2cc(F)c(-c3cnc(C#N)nc3)cc2NC(=O)C2C=NC(=O)C=C2C(F)(F)F)CC1. The highest BCUT2D eigenvalue weighted by atomic mass is 19.4. The van der Waals surface area contributed by atoms with Crippen LogP contribution in [0.4, 0.5) is 28.9 Å². The van der Waals surface area contributed by atoms with E-state index in [4.69, 9.17) is 5.26 Å². The van der Waals surface area contributed by atoms with Crippen molar-refractivity contribution in [3.05, 3.63) is 47.8 Å². The number of alkyl halides is 3. The highest BCUT2D eigenvalue weighted by Crippen LogP contribution is 2.37. The van der Waals surface area contributed by atoms with Crippen LogP contribution in [0.3, 0.4) is 0 Å². The van der Waals surface area contributed by atoms with Crippen molar-refractivity contribution < 1.29 is 27.2 Å². The lowest BCUT2D eigenvalue weighted by atomic mass is 9.95. The zero-order valence-corrected chi connectivity index (χ0v) is 18.9. The third kappa shape index (κ3) is 5.23. The number of hydrogen-bond acceptors (Lipinski definition) is 7. The van der Waals surface area contributed by atoms with Crippen molar-refractivity contribution in [3.63, 3.8) is 0 Å². The molecule has 36 heavy (non-hydrogen) atoms. The van der Waals surface area contributed by atoms with Gasteiger partial charge < -0.3 is 15.1 Å². The minimum Gasteiger partial charge on any atom is -0.367 e. The van der Waals surface area contributed by atoms with Crippen LogP contribution in [0.15, 0.2) is 41.2 Å². The Morgan fingerprint density at radius 1 is 1.17 bits per heavy atom. The summed E-state index contributed by atoms with van der Waals surface area (Å²) in [6, 6.07) is 4.23. The molecule has 0 saturated carbocycles. The van der Waals surface area contributed by atoms with E-state index >= 15 is 4.39 Å². The molecule has 0 radical (unpaired) electrons. The molecule has 1 aromatic carbocycles. The molecule has 9 nitrogen and oxygen atoms in total. The molecule has 2 amide bonds. The van der Waals surface area contributed by atoms with Gasteiger partial charge in [0.1, 0.15) is 17.8 Å². The normalized spacial score (nSPS) is 18.6. The van der Waals surface area contributed by atoms with Crippen molar-refractivity contribution in [1.82, 2.24) is 14.9 Å². The van der Waals surface area contributed by atoms with E-state index in [1.807, 2.05) is 11.9 Å². The zero-order chi connectivity index (χ0) is 26.0. The Morgan fingerprint density at radius 3 is 2.44 bits per heavy atom. The molecule has 13 heteroatoms. The molecule has 1 N–H and O–H groups in total. The highest BCUT2D eigenvalue weighted by molar-refractivity contribution is 6.11. The van der Waals surface area contributed by atoms with Gasteiger partial charge in [-0.15, -0.1) is 0 Å². The van der Waals surface area contributed by atoms with Crippen molar-refractivity contribution in [1.29, 1.82) is 5.26 Å². The van der Waals surface area contributed by atoms with E-state index in [0.717, 1.165) is 0 Å². The molecule has 2 aliphatic rings. The van der Waals surface area contributed by atoms with Crippen LogP contribution in [-0.4, -0.2) is 72.3 Å². The predicted octanol–water partition coefficient (Wildman–Crippen LogP) is 2.56. The topological polar surface area (TPSA) is 115 Å². The Hall–Kier alpha value is -4.18. The minimum atomic E-state index is -4.93. The first-order chi connectivity index (χ1) is 17.1. The number of hydrogen-bond donors (Lipinski definition) is 1. The van der Waals surface area contributed by atoms with Crippen molar-refractivity contribution in [2.24, 2.45) is 10.9 Å². The summed E-state index contributed by atoms with van der Waals surface area (Å²) in [6.45, 7) is 2.29. The van der Waals surface area contributed by atoms with Crippen LogP contribution in [0.5, 0.6) is 0 Å². The number of carbonyl (C=O) groups excluding carboxylic acids is 2. The van der Waals surface area contributed by atoms with E-state index in [1.54, 1.807) is 6.07 Å². The molecule has 1 saturated heterocycles. The predicted molar refractivity (Wildman–Crippen MR) is 122 cm³/mol. The highest BCUT2D eigenvalue weighted by Gasteiger charge is 2.43. The van der Waals surface area contributed by atoms with Crippen LogP contribution in [0.1, 0.15) is 5.82 Å². The van der Waals surface area contributed by atoms with E-state index in [0.29, 0.717) is 32.4 Å². The number of anilines is 2. The van der Waals surface area contributed by atoms with Crippen molar-refractivity contribution in [2.75, 3.05) is 43.4 Å². The van der Waals surface area contributed by atoms with E-state index in [2.05, 4.69) is 25.2 Å². The van der Waals surface area contributed by atoms with Gasteiger partial charge in [0.05, 0.1) is 16.9 Å². The molecule has 2 aromatic rings. The molecule has 0 spiro atoms. The largest absolute Gasteiger partial charge is 0.414 e. The van der Waals surface area contributed by atoms with Crippen LogP contribution in [-0.2, 0) is 9.59 Å². The third-order valence-electron chi connectivity index (χ3n) is 5.82. The second kappa shape index (κ2) is 9.82. The van der Waals surface area contributed by atoms with Gasteiger partial charge in [-0.2, -0.15) is 18.4 Å². The molecular weight excluding hydrogens is 482 g/mol. The fourth-order valence-electron chi connectivity index (χ4n) is 3.88. The summed E-state index contributed by atoms with van der Waals surface area (Å²) >= 11 is 0. The van der Waals surface area contributed by atoms with Crippen molar-refractivity contribution in [3.8, 4) is 17.2 Å². The van der Waals surface area contributed by atoms with E-state index < -0.39 is 35.3 Å². The molecule has 186 valence electrons. The monoisotopic (exact) mass is 501 g/mol. The number of likely N-dealkylation sites (N-methyl/N-ethyl adjacent to an activating group) is 1. The van der Waals surface area contributed by atoms with Crippen LogP contribution in [0.2, 0.25) is 0 Å².